The molecule has 0 amide bonds. The number of carbonyl (C=O) groups is 1. The number of carboxylic acids is 1. The second-order valence-electron chi connectivity index (χ2n) is 4.87. The van der Waals surface area contributed by atoms with Crippen LogP contribution in [-0.4, -0.2) is 20.9 Å². The van der Waals surface area contributed by atoms with Gasteiger partial charge in [-0.2, -0.15) is 5.10 Å². The fraction of sp³-hybridized carbons (Fsp3) is 0.0588. The molecule has 22 heavy (non-hydrogen) atoms. The fourth-order valence-corrected chi connectivity index (χ4v) is 2.74. The maximum absolute atomic E-state index is 11.2. The Morgan fingerprint density at radius 1 is 1.09 bits per heavy atom. The molecule has 0 aliphatic rings. The molecule has 0 aliphatic carbocycles. The third-order valence-electron chi connectivity index (χ3n) is 3.29. The van der Waals surface area contributed by atoms with Crippen LogP contribution in [0.3, 0.4) is 0 Å². The van der Waals surface area contributed by atoms with Gasteiger partial charge in [0, 0.05) is 4.47 Å². The van der Waals surface area contributed by atoms with Crippen molar-refractivity contribution in [1.29, 1.82) is 0 Å². The van der Waals surface area contributed by atoms with Gasteiger partial charge in [-0.05, 0) is 29.3 Å². The van der Waals surface area contributed by atoms with Crippen molar-refractivity contribution in [2.45, 2.75) is 6.54 Å². The molecule has 0 bridgehead atoms. The number of hydrogen-bond donors (Lipinski definition) is 1. The van der Waals surface area contributed by atoms with E-state index in [9.17, 15) is 9.90 Å². The molecular weight excluding hydrogens is 344 g/mol. The first-order valence-corrected chi connectivity index (χ1v) is 7.54. The molecule has 110 valence electrons. The van der Waals surface area contributed by atoms with E-state index in [-0.39, 0.29) is 5.69 Å². The van der Waals surface area contributed by atoms with Gasteiger partial charge in [0.05, 0.1) is 12.2 Å². The Morgan fingerprint density at radius 3 is 2.55 bits per heavy atom. The second kappa shape index (κ2) is 6.15. The zero-order valence-electron chi connectivity index (χ0n) is 11.6. The van der Waals surface area contributed by atoms with Crippen LogP contribution >= 0.6 is 15.9 Å². The van der Waals surface area contributed by atoms with Crippen LogP contribution in [0.1, 0.15) is 16.1 Å². The Morgan fingerprint density at radius 2 is 1.86 bits per heavy atom. The van der Waals surface area contributed by atoms with E-state index >= 15 is 0 Å². The lowest BCUT2D eigenvalue weighted by Crippen LogP contribution is -2.05. The molecule has 0 saturated carbocycles. The lowest BCUT2D eigenvalue weighted by Gasteiger charge is -2.08. The Labute approximate surface area is 136 Å². The lowest BCUT2D eigenvalue weighted by molar-refractivity contribution is 0.0689. The average molecular weight is 357 g/mol. The van der Waals surface area contributed by atoms with E-state index in [0.717, 1.165) is 21.3 Å². The van der Waals surface area contributed by atoms with E-state index in [0.29, 0.717) is 6.54 Å². The molecule has 5 heteroatoms. The number of halogens is 1. The molecule has 2 aromatic carbocycles. The Bertz CT molecular complexity index is 813. The molecule has 0 fully saturated rings. The predicted molar refractivity (Wildman–Crippen MR) is 87.9 cm³/mol. The number of carboxylic acid groups (broad SMARTS) is 1. The summed E-state index contributed by atoms with van der Waals surface area (Å²) in [7, 11) is 0. The van der Waals surface area contributed by atoms with Crippen LogP contribution in [0.2, 0.25) is 0 Å². The molecule has 3 rings (SSSR count). The molecule has 0 atom stereocenters. The minimum absolute atomic E-state index is 0.0499. The van der Waals surface area contributed by atoms with Gasteiger partial charge < -0.3 is 5.11 Å². The standard InChI is InChI=1S/C17H13BrN2O2/c18-14-8-4-5-12(9-14)11-20-16(10-15(19-20)17(21)22)13-6-2-1-3-7-13/h1-10H,11H2,(H,21,22). The highest BCUT2D eigenvalue weighted by Crippen LogP contribution is 2.22. The van der Waals surface area contributed by atoms with Crippen molar-refractivity contribution < 1.29 is 9.90 Å². The number of aromatic nitrogens is 2. The normalized spacial score (nSPS) is 10.6. The van der Waals surface area contributed by atoms with Gasteiger partial charge in [-0.25, -0.2) is 4.79 Å². The SMILES string of the molecule is O=C(O)c1cc(-c2ccccc2)n(Cc2cccc(Br)c2)n1. The van der Waals surface area contributed by atoms with E-state index in [2.05, 4.69) is 21.0 Å². The third kappa shape index (κ3) is 3.09. The maximum Gasteiger partial charge on any atom is 0.356 e. The fourth-order valence-electron chi connectivity index (χ4n) is 2.29. The number of nitrogens with zero attached hydrogens (tertiary/aromatic N) is 2. The van der Waals surface area contributed by atoms with Crippen LogP contribution in [0.25, 0.3) is 11.3 Å². The Kier molecular flexibility index (Phi) is 4.06. The van der Waals surface area contributed by atoms with Crippen LogP contribution in [-0.2, 0) is 6.54 Å². The summed E-state index contributed by atoms with van der Waals surface area (Å²) in [5.74, 6) is -1.02. The number of benzene rings is 2. The second-order valence-corrected chi connectivity index (χ2v) is 5.79. The van der Waals surface area contributed by atoms with E-state index in [1.165, 1.54) is 0 Å². The van der Waals surface area contributed by atoms with Gasteiger partial charge in [0.15, 0.2) is 5.69 Å². The monoisotopic (exact) mass is 356 g/mol. The van der Waals surface area contributed by atoms with Crippen LogP contribution < -0.4 is 0 Å². The molecule has 0 radical (unpaired) electrons. The first-order valence-electron chi connectivity index (χ1n) is 6.74. The van der Waals surface area contributed by atoms with E-state index < -0.39 is 5.97 Å². The van der Waals surface area contributed by atoms with Crippen LogP contribution in [0.4, 0.5) is 0 Å². The molecule has 0 aliphatic heterocycles. The van der Waals surface area contributed by atoms with Crippen molar-refractivity contribution in [1.82, 2.24) is 9.78 Å². The van der Waals surface area contributed by atoms with Gasteiger partial charge in [-0.15, -0.1) is 0 Å². The minimum Gasteiger partial charge on any atom is -0.476 e. The molecular formula is C17H13BrN2O2. The Hall–Kier alpha value is -2.40. The van der Waals surface area contributed by atoms with Gasteiger partial charge in [0.25, 0.3) is 0 Å². The van der Waals surface area contributed by atoms with E-state index in [1.807, 2.05) is 54.6 Å². The highest BCUT2D eigenvalue weighted by atomic mass is 79.9. The zero-order chi connectivity index (χ0) is 15.5. The first kappa shape index (κ1) is 14.5. The van der Waals surface area contributed by atoms with Crippen molar-refractivity contribution in [3.05, 3.63) is 76.4 Å². The smallest absolute Gasteiger partial charge is 0.356 e. The summed E-state index contributed by atoms with van der Waals surface area (Å²) in [5, 5.41) is 13.4. The van der Waals surface area contributed by atoms with Crippen molar-refractivity contribution in [2.24, 2.45) is 0 Å². The molecule has 4 nitrogen and oxygen atoms in total. The topological polar surface area (TPSA) is 55.1 Å². The minimum atomic E-state index is -1.02. The van der Waals surface area contributed by atoms with E-state index in [1.54, 1.807) is 10.7 Å². The van der Waals surface area contributed by atoms with E-state index in [4.69, 9.17) is 0 Å². The predicted octanol–water partition coefficient (Wildman–Crippen LogP) is 4.06. The molecule has 0 spiro atoms. The van der Waals surface area contributed by atoms with Crippen molar-refractivity contribution >= 4 is 21.9 Å². The molecule has 0 unspecified atom stereocenters. The highest BCUT2D eigenvalue weighted by Gasteiger charge is 2.14. The van der Waals surface area contributed by atoms with Gasteiger partial charge in [0.1, 0.15) is 0 Å². The highest BCUT2D eigenvalue weighted by molar-refractivity contribution is 9.10. The lowest BCUT2D eigenvalue weighted by atomic mass is 10.1. The number of aromatic carboxylic acids is 1. The first-order chi connectivity index (χ1) is 10.6. The van der Waals surface area contributed by atoms with Crippen molar-refractivity contribution in [3.63, 3.8) is 0 Å². The largest absolute Gasteiger partial charge is 0.476 e. The summed E-state index contributed by atoms with van der Waals surface area (Å²) in [6.45, 7) is 0.511. The molecule has 1 aromatic heterocycles. The molecule has 3 aromatic rings. The summed E-state index contributed by atoms with van der Waals surface area (Å²) in [6, 6.07) is 19.2. The summed E-state index contributed by atoms with van der Waals surface area (Å²) < 4.78 is 2.71. The van der Waals surface area contributed by atoms with Gasteiger partial charge >= 0.3 is 5.97 Å². The van der Waals surface area contributed by atoms with Crippen molar-refractivity contribution in [3.8, 4) is 11.3 Å². The third-order valence-corrected chi connectivity index (χ3v) is 3.78. The quantitative estimate of drug-likeness (QED) is 0.766. The zero-order valence-corrected chi connectivity index (χ0v) is 13.2. The van der Waals surface area contributed by atoms with Gasteiger partial charge in [-0.3, -0.25) is 4.68 Å². The average Bonchev–Trinajstić information content (AvgIpc) is 2.92. The molecule has 1 N–H and O–H groups in total. The summed E-state index contributed by atoms with van der Waals surface area (Å²) in [4.78, 5) is 11.2. The van der Waals surface area contributed by atoms with Crippen LogP contribution in [0.15, 0.2) is 65.1 Å². The summed E-state index contributed by atoms with van der Waals surface area (Å²) in [6.07, 6.45) is 0. The summed E-state index contributed by atoms with van der Waals surface area (Å²) in [5.41, 5.74) is 2.83. The summed E-state index contributed by atoms with van der Waals surface area (Å²) >= 11 is 3.44. The van der Waals surface area contributed by atoms with Crippen LogP contribution in [0, 0.1) is 0 Å². The number of hydrogen-bond acceptors (Lipinski definition) is 2. The molecule has 0 saturated heterocycles. The van der Waals surface area contributed by atoms with Crippen molar-refractivity contribution in [2.75, 3.05) is 0 Å². The Balaban J connectivity index is 2.04. The van der Waals surface area contributed by atoms with Gasteiger partial charge in [-0.1, -0.05) is 58.4 Å². The van der Waals surface area contributed by atoms with Crippen LogP contribution in [0.5, 0.6) is 0 Å². The number of rotatable bonds is 4. The maximum atomic E-state index is 11.2. The molecule has 1 heterocycles. The van der Waals surface area contributed by atoms with Gasteiger partial charge in [0.2, 0.25) is 0 Å².